The molecule has 0 saturated heterocycles. The van der Waals surface area contributed by atoms with Crippen LogP contribution < -0.4 is 4.74 Å². The molecule has 0 unspecified atom stereocenters. The van der Waals surface area contributed by atoms with E-state index < -0.39 is 29.0 Å². The molecule has 1 aromatic carbocycles. The van der Waals surface area contributed by atoms with Crippen LogP contribution >= 0.6 is 23.2 Å². The molecule has 7 heteroatoms. The molecule has 0 aliphatic heterocycles. The third kappa shape index (κ3) is 2.76. The maximum Gasteiger partial charge on any atom is 0.387 e. The highest BCUT2D eigenvalue weighted by Crippen LogP contribution is 2.36. The SMILES string of the molecule is O=C(F)c1ccc(Cl)c(Cl)c1OC(F)F. The number of carbonyl (C=O) groups is 1. The summed E-state index contributed by atoms with van der Waals surface area (Å²) in [7, 11) is 0. The molecule has 0 aliphatic rings. The molecule has 0 spiro atoms. The van der Waals surface area contributed by atoms with E-state index in [0.29, 0.717) is 0 Å². The fraction of sp³-hybridized carbons (Fsp3) is 0.125. The standard InChI is InChI=1S/C8H3Cl2F3O2/c9-4-2-1-3(7(11)14)6(5(4)10)15-8(12)13/h1-2,8H. The zero-order chi connectivity index (χ0) is 11.6. The molecule has 1 rings (SSSR count). The normalized spacial score (nSPS) is 10.5. The van der Waals surface area contributed by atoms with E-state index in [0.717, 1.165) is 12.1 Å². The van der Waals surface area contributed by atoms with Crippen molar-refractivity contribution in [3.8, 4) is 5.75 Å². The lowest BCUT2D eigenvalue weighted by Crippen LogP contribution is -2.06. The van der Waals surface area contributed by atoms with Crippen LogP contribution in [0.3, 0.4) is 0 Å². The summed E-state index contributed by atoms with van der Waals surface area (Å²) < 4.78 is 40.1. The van der Waals surface area contributed by atoms with E-state index in [9.17, 15) is 18.0 Å². The van der Waals surface area contributed by atoms with Gasteiger partial charge in [0.15, 0.2) is 5.75 Å². The van der Waals surface area contributed by atoms with Crippen molar-refractivity contribution in [2.45, 2.75) is 6.61 Å². The second-order valence-electron chi connectivity index (χ2n) is 2.39. The lowest BCUT2D eigenvalue weighted by atomic mass is 10.2. The minimum Gasteiger partial charge on any atom is -0.432 e. The van der Waals surface area contributed by atoms with Gasteiger partial charge in [-0.1, -0.05) is 23.2 Å². The van der Waals surface area contributed by atoms with Crippen LogP contribution in [0.5, 0.6) is 5.75 Å². The molecule has 0 bridgehead atoms. The molecule has 0 N–H and O–H groups in total. The van der Waals surface area contributed by atoms with Crippen molar-refractivity contribution < 1.29 is 22.7 Å². The average molecular weight is 259 g/mol. The Labute approximate surface area is 92.5 Å². The molecular weight excluding hydrogens is 256 g/mol. The number of rotatable bonds is 3. The Balaban J connectivity index is 3.28. The number of alkyl halides is 2. The third-order valence-corrected chi connectivity index (χ3v) is 2.26. The molecule has 1 aromatic rings. The first kappa shape index (κ1) is 12.1. The fourth-order valence-electron chi connectivity index (χ4n) is 0.891. The number of benzene rings is 1. The van der Waals surface area contributed by atoms with Crippen molar-refractivity contribution in [2.24, 2.45) is 0 Å². The Kier molecular flexibility index (Phi) is 3.82. The van der Waals surface area contributed by atoms with E-state index in [1.165, 1.54) is 0 Å². The first-order valence-electron chi connectivity index (χ1n) is 3.56. The summed E-state index contributed by atoms with van der Waals surface area (Å²) in [6.07, 6.45) is 0. The van der Waals surface area contributed by atoms with Gasteiger partial charge in [-0.3, -0.25) is 4.79 Å². The van der Waals surface area contributed by atoms with Crippen LogP contribution in [0.4, 0.5) is 13.2 Å². The van der Waals surface area contributed by atoms with Gasteiger partial charge in [-0.05, 0) is 12.1 Å². The smallest absolute Gasteiger partial charge is 0.387 e. The predicted molar refractivity (Wildman–Crippen MR) is 48.5 cm³/mol. The lowest BCUT2D eigenvalue weighted by Gasteiger charge is -2.10. The number of halogens is 5. The summed E-state index contributed by atoms with van der Waals surface area (Å²) in [5.74, 6) is -0.758. The van der Waals surface area contributed by atoms with E-state index in [1.54, 1.807) is 0 Å². The Morgan fingerprint density at radius 2 is 1.93 bits per heavy atom. The number of ether oxygens (including phenoxy) is 1. The van der Waals surface area contributed by atoms with Crippen molar-refractivity contribution in [2.75, 3.05) is 0 Å². The molecule has 0 atom stereocenters. The van der Waals surface area contributed by atoms with E-state index in [4.69, 9.17) is 23.2 Å². The summed E-state index contributed by atoms with van der Waals surface area (Å²) in [6.45, 7) is -3.22. The predicted octanol–water partition coefficient (Wildman–Crippen LogP) is 3.70. The van der Waals surface area contributed by atoms with Gasteiger partial charge in [0.1, 0.15) is 5.02 Å². The molecule has 0 aliphatic carbocycles. The molecule has 0 amide bonds. The van der Waals surface area contributed by atoms with Crippen molar-refractivity contribution in [1.29, 1.82) is 0 Å². The number of hydrogen-bond acceptors (Lipinski definition) is 2. The van der Waals surface area contributed by atoms with Crippen LogP contribution in [-0.4, -0.2) is 12.6 Å². The van der Waals surface area contributed by atoms with Crippen LogP contribution in [0.25, 0.3) is 0 Å². The van der Waals surface area contributed by atoms with Crippen LogP contribution in [0, 0.1) is 0 Å². The molecule has 0 fully saturated rings. The maximum absolute atomic E-state index is 12.4. The molecule has 0 radical (unpaired) electrons. The number of carbonyl (C=O) groups excluding carboxylic acids is 1. The topological polar surface area (TPSA) is 26.3 Å². The van der Waals surface area contributed by atoms with Crippen molar-refractivity contribution in [3.63, 3.8) is 0 Å². The molecule has 15 heavy (non-hydrogen) atoms. The molecule has 2 nitrogen and oxygen atoms in total. The second kappa shape index (κ2) is 4.72. The highest BCUT2D eigenvalue weighted by atomic mass is 35.5. The van der Waals surface area contributed by atoms with Gasteiger partial charge in [-0.2, -0.15) is 13.2 Å². The largest absolute Gasteiger partial charge is 0.432 e. The summed E-state index contributed by atoms with van der Waals surface area (Å²) in [5.41, 5.74) is -0.690. The third-order valence-electron chi connectivity index (χ3n) is 1.47. The highest BCUT2D eigenvalue weighted by Gasteiger charge is 2.20. The van der Waals surface area contributed by atoms with Gasteiger partial charge in [-0.25, -0.2) is 0 Å². The zero-order valence-electron chi connectivity index (χ0n) is 6.94. The van der Waals surface area contributed by atoms with Crippen molar-refractivity contribution in [3.05, 3.63) is 27.7 Å². The summed E-state index contributed by atoms with van der Waals surface area (Å²) >= 11 is 11.0. The summed E-state index contributed by atoms with van der Waals surface area (Å²) in [4.78, 5) is 10.4. The van der Waals surface area contributed by atoms with Gasteiger partial charge in [0.25, 0.3) is 0 Å². The van der Waals surface area contributed by atoms with Gasteiger partial charge < -0.3 is 4.74 Å². The van der Waals surface area contributed by atoms with E-state index in [-0.39, 0.29) is 5.02 Å². The lowest BCUT2D eigenvalue weighted by molar-refractivity contribution is -0.0501. The molecule has 0 heterocycles. The minimum absolute atomic E-state index is 0.114. The van der Waals surface area contributed by atoms with E-state index >= 15 is 0 Å². The van der Waals surface area contributed by atoms with Gasteiger partial charge in [0.2, 0.25) is 0 Å². The minimum atomic E-state index is -3.22. The zero-order valence-corrected chi connectivity index (χ0v) is 8.45. The summed E-state index contributed by atoms with van der Waals surface area (Å²) in [5, 5.41) is -0.544. The van der Waals surface area contributed by atoms with Gasteiger partial charge >= 0.3 is 12.6 Å². The van der Waals surface area contributed by atoms with E-state index in [2.05, 4.69) is 4.74 Å². The molecule has 0 saturated carbocycles. The van der Waals surface area contributed by atoms with E-state index in [1.807, 2.05) is 0 Å². The van der Waals surface area contributed by atoms with Gasteiger partial charge in [0, 0.05) is 0 Å². The molecular formula is C8H3Cl2F3O2. The first-order chi connectivity index (χ1) is 6.93. The Morgan fingerprint density at radius 3 is 2.40 bits per heavy atom. The maximum atomic E-state index is 12.4. The van der Waals surface area contributed by atoms with Crippen LogP contribution in [0.1, 0.15) is 10.4 Å². The fourth-order valence-corrected chi connectivity index (χ4v) is 1.25. The first-order valence-corrected chi connectivity index (χ1v) is 4.31. The van der Waals surface area contributed by atoms with Crippen LogP contribution in [0.15, 0.2) is 12.1 Å². The van der Waals surface area contributed by atoms with Gasteiger partial charge in [-0.15, -0.1) is 0 Å². The second-order valence-corrected chi connectivity index (χ2v) is 3.18. The Bertz CT molecular complexity index is 396. The monoisotopic (exact) mass is 258 g/mol. The Morgan fingerprint density at radius 1 is 1.33 bits per heavy atom. The van der Waals surface area contributed by atoms with Gasteiger partial charge in [0.05, 0.1) is 10.6 Å². The summed E-state index contributed by atoms with van der Waals surface area (Å²) in [6, 6.07) is 0.0905. The number of hydrogen-bond donors (Lipinski definition) is 0. The molecule has 82 valence electrons. The highest BCUT2D eigenvalue weighted by molar-refractivity contribution is 6.43. The van der Waals surface area contributed by atoms with Crippen LogP contribution in [0.2, 0.25) is 10.0 Å². The van der Waals surface area contributed by atoms with Crippen molar-refractivity contribution >= 4 is 29.2 Å². The molecule has 0 aromatic heterocycles. The average Bonchev–Trinajstić information content (AvgIpc) is 2.12. The quantitative estimate of drug-likeness (QED) is 0.773. The Hall–Kier alpha value is -0.940. The van der Waals surface area contributed by atoms with Crippen molar-refractivity contribution in [1.82, 2.24) is 0 Å². The van der Waals surface area contributed by atoms with Crippen LogP contribution in [-0.2, 0) is 0 Å².